The van der Waals surface area contributed by atoms with Crippen LogP contribution in [-0.2, 0) is 9.59 Å². The molecule has 2 unspecified atom stereocenters. The molecule has 1 aliphatic rings. The number of hydrogen-bond donors (Lipinski definition) is 1. The fourth-order valence-corrected chi connectivity index (χ4v) is 1.49. The Balaban J connectivity index is 2.59. The average molecular weight is 207 g/mol. The van der Waals surface area contributed by atoms with Crippen LogP contribution in [0.3, 0.4) is 0 Å². The summed E-state index contributed by atoms with van der Waals surface area (Å²) in [4.78, 5) is 27.7. The monoisotopic (exact) mass is 207 g/mol. The lowest BCUT2D eigenvalue weighted by atomic mass is 10.1. The second-order valence-corrected chi connectivity index (χ2v) is 3.14. The highest BCUT2D eigenvalue weighted by atomic mass is 16.1. The standard InChI is InChI=1S/C8H9N5O2/c9-11-3-7(14)5-1-2-6(13-5)8(15)4-12-10/h3-6,13H,1-2H2. The molecule has 0 spiro atoms. The predicted molar refractivity (Wildman–Crippen MR) is 49.3 cm³/mol. The van der Waals surface area contributed by atoms with E-state index in [4.69, 9.17) is 11.1 Å². The molecule has 0 aromatic heterocycles. The molecule has 7 heteroatoms. The van der Waals surface area contributed by atoms with E-state index in [0.29, 0.717) is 12.8 Å². The van der Waals surface area contributed by atoms with Crippen LogP contribution in [0.15, 0.2) is 0 Å². The molecule has 1 N–H and O–H groups in total. The second kappa shape index (κ2) is 5.07. The third-order valence-electron chi connectivity index (χ3n) is 2.20. The topological polar surface area (TPSA) is 119 Å². The highest BCUT2D eigenvalue weighted by Gasteiger charge is 2.34. The lowest BCUT2D eigenvalue weighted by molar-refractivity contribution is -0.118. The van der Waals surface area contributed by atoms with Gasteiger partial charge in [-0.3, -0.25) is 14.9 Å². The van der Waals surface area contributed by atoms with E-state index in [1.807, 2.05) is 0 Å². The largest absolute Gasteiger partial charge is 0.361 e. The van der Waals surface area contributed by atoms with Crippen molar-refractivity contribution in [2.75, 3.05) is 0 Å². The minimum Gasteiger partial charge on any atom is -0.361 e. The molecule has 1 aliphatic heterocycles. The van der Waals surface area contributed by atoms with Crippen molar-refractivity contribution in [1.82, 2.24) is 5.32 Å². The lowest BCUT2D eigenvalue weighted by Gasteiger charge is -2.05. The van der Waals surface area contributed by atoms with Gasteiger partial charge in [-0.05, 0) is 12.8 Å². The Labute approximate surface area is 85.3 Å². The minimum absolute atomic E-state index is 0.381. The van der Waals surface area contributed by atoms with Crippen LogP contribution in [0.2, 0.25) is 0 Å². The van der Waals surface area contributed by atoms with E-state index in [2.05, 4.69) is 14.9 Å². The SMILES string of the molecule is [N-]=[N+]=CC(=O)C1CCC(C(=O)C=[N+]=[N-])N1. The van der Waals surface area contributed by atoms with Gasteiger partial charge in [0.1, 0.15) is 0 Å². The van der Waals surface area contributed by atoms with Gasteiger partial charge in [0.05, 0.1) is 12.1 Å². The van der Waals surface area contributed by atoms with Gasteiger partial charge in [0, 0.05) is 0 Å². The number of hydrogen-bond acceptors (Lipinski definition) is 3. The van der Waals surface area contributed by atoms with Crippen molar-refractivity contribution in [2.24, 2.45) is 0 Å². The summed E-state index contributed by atoms with van der Waals surface area (Å²) in [6, 6.07) is -1.02. The molecular formula is C8H9N5O2. The Morgan fingerprint density at radius 1 is 1.07 bits per heavy atom. The van der Waals surface area contributed by atoms with Gasteiger partial charge < -0.3 is 11.1 Å². The molecule has 1 heterocycles. The number of ketones is 2. The quantitative estimate of drug-likeness (QED) is 0.356. The van der Waals surface area contributed by atoms with Crippen molar-refractivity contribution in [3.8, 4) is 0 Å². The van der Waals surface area contributed by atoms with E-state index in [0.717, 1.165) is 12.4 Å². The van der Waals surface area contributed by atoms with Gasteiger partial charge in [-0.1, -0.05) is 0 Å². The molecule has 0 saturated carbocycles. The van der Waals surface area contributed by atoms with Crippen molar-refractivity contribution in [3.63, 3.8) is 0 Å². The first-order valence-corrected chi connectivity index (χ1v) is 4.37. The van der Waals surface area contributed by atoms with Crippen LogP contribution in [0.5, 0.6) is 0 Å². The molecule has 0 aromatic carbocycles. The summed E-state index contributed by atoms with van der Waals surface area (Å²) in [5.41, 5.74) is 16.3. The predicted octanol–water partition coefficient (Wildman–Crippen LogP) is -1.15. The summed E-state index contributed by atoms with van der Waals surface area (Å²) in [6.45, 7) is 0. The zero-order chi connectivity index (χ0) is 11.3. The summed E-state index contributed by atoms with van der Waals surface area (Å²) >= 11 is 0. The molecule has 0 radical (unpaired) electrons. The van der Waals surface area contributed by atoms with Crippen molar-refractivity contribution >= 4 is 24.0 Å². The molecule has 15 heavy (non-hydrogen) atoms. The molecular weight excluding hydrogens is 198 g/mol. The summed E-state index contributed by atoms with van der Waals surface area (Å²) in [6.07, 6.45) is 2.57. The lowest BCUT2D eigenvalue weighted by Crippen LogP contribution is -2.40. The van der Waals surface area contributed by atoms with Crippen molar-refractivity contribution in [1.29, 1.82) is 0 Å². The van der Waals surface area contributed by atoms with Crippen molar-refractivity contribution in [2.45, 2.75) is 24.9 Å². The summed E-state index contributed by atoms with van der Waals surface area (Å²) < 4.78 is 0. The van der Waals surface area contributed by atoms with E-state index < -0.39 is 12.1 Å². The average Bonchev–Trinajstić information content (AvgIpc) is 2.67. The Bertz CT molecular complexity index is 342. The number of nitrogens with one attached hydrogen (secondary N) is 1. The van der Waals surface area contributed by atoms with Gasteiger partial charge in [-0.25, -0.2) is 0 Å². The maximum Gasteiger partial charge on any atom is 0.324 e. The van der Waals surface area contributed by atoms with E-state index >= 15 is 0 Å². The molecule has 7 nitrogen and oxygen atoms in total. The Kier molecular flexibility index (Phi) is 3.76. The molecule has 0 aromatic rings. The molecule has 1 fully saturated rings. The van der Waals surface area contributed by atoms with Crippen LogP contribution in [-0.4, -0.2) is 45.7 Å². The van der Waals surface area contributed by atoms with Crippen LogP contribution in [0.25, 0.3) is 11.1 Å². The molecule has 0 bridgehead atoms. The Morgan fingerprint density at radius 3 is 1.80 bits per heavy atom. The second-order valence-electron chi connectivity index (χ2n) is 3.14. The van der Waals surface area contributed by atoms with Gasteiger partial charge >= 0.3 is 12.4 Å². The highest BCUT2D eigenvalue weighted by Crippen LogP contribution is 2.12. The summed E-state index contributed by atoms with van der Waals surface area (Å²) in [7, 11) is 0. The highest BCUT2D eigenvalue weighted by molar-refractivity contribution is 6.29. The fraction of sp³-hybridized carbons (Fsp3) is 0.500. The smallest absolute Gasteiger partial charge is 0.324 e. The Morgan fingerprint density at radius 2 is 1.47 bits per heavy atom. The van der Waals surface area contributed by atoms with Crippen LogP contribution >= 0.6 is 0 Å². The Hall–Kier alpha value is -1.94. The summed E-state index contributed by atoms with van der Waals surface area (Å²) in [5, 5.41) is 2.76. The van der Waals surface area contributed by atoms with Gasteiger partial charge in [-0.15, -0.1) is 0 Å². The number of nitrogens with zero attached hydrogens (tertiary/aromatic N) is 4. The summed E-state index contributed by atoms with van der Waals surface area (Å²) in [5.74, 6) is -0.762. The third kappa shape index (κ3) is 2.75. The van der Waals surface area contributed by atoms with E-state index in [9.17, 15) is 9.59 Å². The number of carbonyl (C=O) groups is 2. The van der Waals surface area contributed by atoms with E-state index in [1.165, 1.54) is 0 Å². The molecule has 1 rings (SSSR count). The normalized spacial score (nSPS) is 23.7. The number of carbonyl (C=O) groups excluding carboxylic acids is 2. The molecule has 78 valence electrons. The van der Waals surface area contributed by atoms with Crippen LogP contribution < -0.4 is 5.32 Å². The fourth-order valence-electron chi connectivity index (χ4n) is 1.49. The van der Waals surface area contributed by atoms with Crippen LogP contribution in [0.1, 0.15) is 12.8 Å². The van der Waals surface area contributed by atoms with Gasteiger partial charge in [0.15, 0.2) is 0 Å². The zero-order valence-electron chi connectivity index (χ0n) is 7.83. The maximum atomic E-state index is 11.2. The molecule has 2 atom stereocenters. The first-order valence-electron chi connectivity index (χ1n) is 4.37. The van der Waals surface area contributed by atoms with Crippen molar-refractivity contribution in [3.05, 3.63) is 11.1 Å². The first kappa shape index (κ1) is 11.1. The van der Waals surface area contributed by atoms with Gasteiger partial charge in [0.25, 0.3) is 11.6 Å². The molecule has 0 aliphatic carbocycles. The first-order chi connectivity index (χ1) is 7.19. The van der Waals surface area contributed by atoms with Gasteiger partial charge in [0.2, 0.25) is 0 Å². The van der Waals surface area contributed by atoms with Crippen molar-refractivity contribution < 1.29 is 19.2 Å². The number of Topliss-reactive ketones (excluding diaryl/α,β-unsaturated/α-hetero) is 2. The number of rotatable bonds is 4. The van der Waals surface area contributed by atoms with Crippen LogP contribution in [0.4, 0.5) is 0 Å². The molecule has 0 amide bonds. The minimum atomic E-state index is -0.512. The molecule has 1 saturated heterocycles. The van der Waals surface area contributed by atoms with Gasteiger partial charge in [-0.2, -0.15) is 9.58 Å². The maximum absolute atomic E-state index is 11.2. The van der Waals surface area contributed by atoms with E-state index in [-0.39, 0.29) is 11.6 Å². The third-order valence-corrected chi connectivity index (χ3v) is 2.20. The van der Waals surface area contributed by atoms with E-state index in [1.54, 1.807) is 0 Å². The zero-order valence-corrected chi connectivity index (χ0v) is 7.83. The van der Waals surface area contributed by atoms with Crippen LogP contribution in [0, 0.1) is 0 Å².